The van der Waals surface area contributed by atoms with E-state index in [0.29, 0.717) is 6.61 Å². The van der Waals surface area contributed by atoms with Gasteiger partial charge in [-0.15, -0.1) is 0 Å². The van der Waals surface area contributed by atoms with Crippen molar-refractivity contribution >= 4 is 0 Å². The molecule has 0 bridgehead atoms. The molecule has 5 heteroatoms. The second-order valence-corrected chi connectivity index (χ2v) is 12.4. The number of unbranched alkanes of at least 4 members (excludes halogenated alkanes) is 23. The molecule has 0 aromatic carbocycles. The van der Waals surface area contributed by atoms with Crippen molar-refractivity contribution < 1.29 is 24.0 Å². The lowest BCUT2D eigenvalue weighted by atomic mass is 10.1. The van der Waals surface area contributed by atoms with Gasteiger partial charge in [-0.3, -0.25) is 0 Å². The molecule has 0 saturated carbocycles. The first-order valence-corrected chi connectivity index (χ1v) is 18.8. The van der Waals surface area contributed by atoms with Gasteiger partial charge < -0.3 is 14.2 Å². The molecular weight excluding hydrogens is 524 g/mol. The van der Waals surface area contributed by atoms with Crippen molar-refractivity contribution in [3.8, 4) is 0 Å². The zero-order chi connectivity index (χ0) is 30.4. The van der Waals surface area contributed by atoms with Gasteiger partial charge in [-0.1, -0.05) is 149 Å². The van der Waals surface area contributed by atoms with Gasteiger partial charge in [0.15, 0.2) is 6.29 Å². The fourth-order valence-electron chi connectivity index (χ4n) is 5.42. The Bertz CT molecular complexity index is 439. The van der Waals surface area contributed by atoms with Crippen molar-refractivity contribution in [2.45, 2.75) is 200 Å². The highest BCUT2D eigenvalue weighted by Gasteiger charge is 2.09. The largest absolute Gasteiger partial charge is 0.381 e. The van der Waals surface area contributed by atoms with Crippen LogP contribution in [0.25, 0.3) is 0 Å². The van der Waals surface area contributed by atoms with Crippen molar-refractivity contribution in [3.63, 3.8) is 0 Å². The van der Waals surface area contributed by atoms with Crippen LogP contribution in [0.5, 0.6) is 0 Å². The average Bonchev–Trinajstić information content (AvgIpc) is 3.00. The molecule has 0 rings (SSSR count). The van der Waals surface area contributed by atoms with Gasteiger partial charge in [0.05, 0.1) is 13.7 Å². The van der Waals surface area contributed by atoms with Crippen molar-refractivity contribution in [1.29, 1.82) is 0 Å². The van der Waals surface area contributed by atoms with E-state index in [1.54, 1.807) is 7.11 Å². The van der Waals surface area contributed by atoms with E-state index in [-0.39, 0.29) is 6.29 Å². The minimum absolute atomic E-state index is 0.00551. The lowest BCUT2D eigenvalue weighted by molar-refractivity contribution is -0.272. The van der Waals surface area contributed by atoms with Crippen molar-refractivity contribution in [2.24, 2.45) is 0 Å². The molecule has 0 heterocycles. The third kappa shape index (κ3) is 36.0. The van der Waals surface area contributed by atoms with Gasteiger partial charge in [0.2, 0.25) is 0 Å². The Morgan fingerprint density at radius 2 is 0.690 bits per heavy atom. The van der Waals surface area contributed by atoms with Crippen LogP contribution in [-0.4, -0.2) is 46.4 Å². The van der Waals surface area contributed by atoms with Crippen LogP contribution in [0.3, 0.4) is 0 Å². The summed E-state index contributed by atoms with van der Waals surface area (Å²) in [4.78, 5) is 9.51. The average molecular weight is 601 g/mol. The van der Waals surface area contributed by atoms with E-state index < -0.39 is 0 Å². The van der Waals surface area contributed by atoms with Crippen molar-refractivity contribution in [3.05, 3.63) is 0 Å². The molecule has 0 aromatic rings. The summed E-state index contributed by atoms with van der Waals surface area (Å²) in [6.45, 7) is 8.83. The molecule has 0 aliphatic carbocycles. The summed E-state index contributed by atoms with van der Waals surface area (Å²) in [7, 11) is 1.57. The van der Waals surface area contributed by atoms with Crippen LogP contribution in [0.2, 0.25) is 0 Å². The molecule has 0 atom stereocenters. The molecule has 5 nitrogen and oxygen atoms in total. The van der Waals surface area contributed by atoms with Gasteiger partial charge in [-0.05, 0) is 44.9 Å². The van der Waals surface area contributed by atoms with Crippen LogP contribution < -0.4 is 0 Å². The fourth-order valence-corrected chi connectivity index (χ4v) is 5.42. The smallest absolute Gasteiger partial charge is 0.157 e. The first-order valence-electron chi connectivity index (χ1n) is 18.8. The Balaban J connectivity index is 3.78. The van der Waals surface area contributed by atoms with E-state index in [4.69, 9.17) is 19.1 Å². The van der Waals surface area contributed by atoms with Crippen LogP contribution in [0.1, 0.15) is 194 Å². The minimum Gasteiger partial charge on any atom is -0.381 e. The zero-order valence-electron chi connectivity index (χ0n) is 29.0. The lowest BCUT2D eigenvalue weighted by Gasteiger charge is -2.19. The third-order valence-electron chi connectivity index (χ3n) is 8.22. The summed E-state index contributed by atoms with van der Waals surface area (Å²) in [5.74, 6) is 0. The predicted molar refractivity (Wildman–Crippen MR) is 180 cm³/mol. The quantitative estimate of drug-likeness (QED) is 0.0305. The van der Waals surface area contributed by atoms with E-state index in [0.717, 1.165) is 39.3 Å². The van der Waals surface area contributed by atoms with Crippen molar-refractivity contribution in [2.75, 3.05) is 40.1 Å². The first kappa shape index (κ1) is 41.8. The molecular formula is C37H76O5. The Morgan fingerprint density at radius 3 is 1.10 bits per heavy atom. The monoisotopic (exact) mass is 601 g/mol. The maximum atomic E-state index is 6.23. The van der Waals surface area contributed by atoms with E-state index in [1.165, 1.54) is 167 Å². The molecule has 0 fully saturated rings. The van der Waals surface area contributed by atoms with E-state index >= 15 is 0 Å². The normalized spacial score (nSPS) is 11.7. The highest BCUT2D eigenvalue weighted by Crippen LogP contribution is 2.15. The maximum Gasteiger partial charge on any atom is 0.157 e. The Hall–Kier alpha value is -0.200. The van der Waals surface area contributed by atoms with Crippen molar-refractivity contribution in [1.82, 2.24) is 0 Å². The molecule has 0 aromatic heterocycles. The molecule has 42 heavy (non-hydrogen) atoms. The van der Waals surface area contributed by atoms with Gasteiger partial charge in [-0.2, -0.15) is 0 Å². The highest BCUT2D eigenvalue weighted by molar-refractivity contribution is 4.53. The fraction of sp³-hybridized carbons (Fsp3) is 1.00. The van der Waals surface area contributed by atoms with Gasteiger partial charge in [0.1, 0.15) is 0 Å². The zero-order valence-corrected chi connectivity index (χ0v) is 29.0. The number of hydrogen-bond acceptors (Lipinski definition) is 5. The van der Waals surface area contributed by atoms with Gasteiger partial charge in [-0.25, -0.2) is 9.78 Å². The molecule has 0 radical (unpaired) electrons. The van der Waals surface area contributed by atoms with Gasteiger partial charge in [0.25, 0.3) is 0 Å². The Labute approximate surface area is 263 Å². The molecule has 0 aliphatic heterocycles. The molecule has 0 unspecified atom stereocenters. The molecule has 0 aliphatic rings. The number of ether oxygens (including phenoxy) is 3. The second kappa shape index (κ2) is 38.8. The van der Waals surface area contributed by atoms with Gasteiger partial charge in [0, 0.05) is 26.4 Å². The minimum atomic E-state index is -0.00551. The molecule has 0 saturated heterocycles. The Morgan fingerprint density at radius 1 is 0.357 bits per heavy atom. The van der Waals surface area contributed by atoms with Crippen LogP contribution in [0.15, 0.2) is 0 Å². The van der Waals surface area contributed by atoms with Crippen LogP contribution in [0.4, 0.5) is 0 Å². The second-order valence-electron chi connectivity index (χ2n) is 12.4. The summed E-state index contributed by atoms with van der Waals surface area (Å²) in [5.41, 5.74) is 0. The van der Waals surface area contributed by atoms with Crippen LogP contribution in [0, 0.1) is 0 Å². The standard InChI is InChI=1S/C37H76O5/c1-4-6-8-10-12-16-21-28-34-40-37(41-35-29-22-17-13-11-9-7-5-2)31-25-19-24-27-33-39-32-26-20-15-14-18-23-30-36-42-38-3/h37H,4-36H2,1-3H3. The van der Waals surface area contributed by atoms with E-state index in [1.807, 2.05) is 0 Å². The van der Waals surface area contributed by atoms with Crippen LogP contribution >= 0.6 is 0 Å². The molecule has 254 valence electrons. The molecule has 0 N–H and O–H groups in total. The Kier molecular flexibility index (Phi) is 38.6. The first-order chi connectivity index (χ1) is 20.8. The summed E-state index contributed by atoms with van der Waals surface area (Å²) in [6.07, 6.45) is 36.1. The molecule has 0 amide bonds. The number of rotatable bonds is 38. The lowest BCUT2D eigenvalue weighted by Crippen LogP contribution is -2.19. The molecule has 0 spiro atoms. The summed E-state index contributed by atoms with van der Waals surface area (Å²) >= 11 is 0. The third-order valence-corrected chi connectivity index (χ3v) is 8.22. The summed E-state index contributed by atoms with van der Waals surface area (Å²) in [6, 6.07) is 0. The van der Waals surface area contributed by atoms with Crippen LogP contribution in [-0.2, 0) is 24.0 Å². The summed E-state index contributed by atoms with van der Waals surface area (Å²) in [5, 5.41) is 0. The SMILES string of the molecule is CCCCCCCCCCOC(CCCCCCOCCCCCCCCCOOC)OCCCCCCCCCC. The van der Waals surface area contributed by atoms with Gasteiger partial charge >= 0.3 is 0 Å². The van der Waals surface area contributed by atoms with E-state index in [2.05, 4.69) is 18.7 Å². The topological polar surface area (TPSA) is 46.2 Å². The number of hydrogen-bond donors (Lipinski definition) is 0. The maximum absolute atomic E-state index is 6.23. The predicted octanol–water partition coefficient (Wildman–Crippen LogP) is 11.9. The van der Waals surface area contributed by atoms with E-state index in [9.17, 15) is 0 Å². The highest BCUT2D eigenvalue weighted by atomic mass is 17.2. The summed E-state index contributed by atoms with van der Waals surface area (Å²) < 4.78 is 18.3.